The first-order valence-corrected chi connectivity index (χ1v) is 6.48. The molecule has 1 aromatic heterocycles. The van der Waals surface area contributed by atoms with Gasteiger partial charge in [-0.25, -0.2) is 0 Å². The molecular formula is C13H17N3O4. The summed E-state index contributed by atoms with van der Waals surface area (Å²) in [5.41, 5.74) is -0.181. The Morgan fingerprint density at radius 2 is 2.05 bits per heavy atom. The first kappa shape index (κ1) is 14.3. The van der Waals surface area contributed by atoms with Crippen LogP contribution in [0, 0.1) is 0 Å². The molecule has 0 spiro atoms. The van der Waals surface area contributed by atoms with Crippen LogP contribution in [0.25, 0.3) is 0 Å². The topological polar surface area (TPSA) is 93.7 Å². The number of H-pyrrole nitrogens is 1. The minimum Gasteiger partial charge on any atom is -0.480 e. The zero-order valence-corrected chi connectivity index (χ0v) is 11.0. The molecule has 0 aromatic carbocycles. The molecule has 0 saturated carbocycles. The van der Waals surface area contributed by atoms with Crippen LogP contribution in [-0.2, 0) is 4.79 Å². The monoisotopic (exact) mass is 279 g/mol. The Balaban J connectivity index is 2.04. The molecule has 1 saturated heterocycles. The second-order valence-corrected chi connectivity index (χ2v) is 4.74. The smallest absolute Gasteiger partial charge is 0.317 e. The van der Waals surface area contributed by atoms with Gasteiger partial charge in [0.1, 0.15) is 5.56 Å². The Morgan fingerprint density at radius 1 is 1.25 bits per heavy atom. The number of aromatic nitrogens is 1. The molecule has 0 atom stereocenters. The van der Waals surface area contributed by atoms with Crippen LogP contribution >= 0.6 is 0 Å². The maximum Gasteiger partial charge on any atom is 0.317 e. The van der Waals surface area contributed by atoms with Gasteiger partial charge in [0.25, 0.3) is 5.91 Å². The Morgan fingerprint density at radius 3 is 2.75 bits per heavy atom. The lowest BCUT2D eigenvalue weighted by molar-refractivity contribution is -0.138. The van der Waals surface area contributed by atoms with E-state index in [4.69, 9.17) is 5.11 Å². The fourth-order valence-electron chi connectivity index (χ4n) is 2.28. The summed E-state index contributed by atoms with van der Waals surface area (Å²) in [4.78, 5) is 40.7. The molecule has 2 N–H and O–H groups in total. The van der Waals surface area contributed by atoms with Crippen LogP contribution in [-0.4, -0.2) is 64.5 Å². The third kappa shape index (κ3) is 3.45. The van der Waals surface area contributed by atoms with E-state index < -0.39 is 5.97 Å². The summed E-state index contributed by atoms with van der Waals surface area (Å²) in [6, 6.07) is 1.32. The summed E-state index contributed by atoms with van der Waals surface area (Å²) in [7, 11) is 0. The Bertz CT molecular complexity index is 555. The number of nitrogens with one attached hydrogen (secondary N) is 1. The van der Waals surface area contributed by atoms with Crippen molar-refractivity contribution in [3.8, 4) is 0 Å². The maximum absolute atomic E-state index is 12.3. The van der Waals surface area contributed by atoms with Gasteiger partial charge < -0.3 is 15.0 Å². The predicted octanol–water partition coefficient (Wildman–Crippen LogP) is -0.393. The Labute approximate surface area is 115 Å². The fourth-order valence-corrected chi connectivity index (χ4v) is 2.28. The lowest BCUT2D eigenvalue weighted by Crippen LogP contribution is -2.38. The van der Waals surface area contributed by atoms with E-state index in [0.717, 1.165) is 0 Å². The number of nitrogens with zero attached hydrogens (tertiary/aromatic N) is 2. The Kier molecular flexibility index (Phi) is 4.52. The van der Waals surface area contributed by atoms with E-state index >= 15 is 0 Å². The summed E-state index contributed by atoms with van der Waals surface area (Å²) >= 11 is 0. The number of rotatable bonds is 3. The van der Waals surface area contributed by atoms with Gasteiger partial charge in [-0.2, -0.15) is 0 Å². The molecule has 2 heterocycles. The second kappa shape index (κ2) is 6.33. The number of hydrogen-bond acceptors (Lipinski definition) is 4. The Hall–Kier alpha value is -2.15. The van der Waals surface area contributed by atoms with Crippen LogP contribution in [0.5, 0.6) is 0 Å². The van der Waals surface area contributed by atoms with Gasteiger partial charge >= 0.3 is 5.97 Å². The highest BCUT2D eigenvalue weighted by Crippen LogP contribution is 2.06. The molecule has 20 heavy (non-hydrogen) atoms. The molecule has 1 aliphatic rings. The molecule has 0 radical (unpaired) electrons. The van der Waals surface area contributed by atoms with Crippen molar-refractivity contribution in [2.24, 2.45) is 0 Å². The van der Waals surface area contributed by atoms with Gasteiger partial charge in [0.2, 0.25) is 0 Å². The molecule has 0 bridgehead atoms. The van der Waals surface area contributed by atoms with Crippen molar-refractivity contribution in [3.63, 3.8) is 0 Å². The van der Waals surface area contributed by atoms with Gasteiger partial charge in [-0.3, -0.25) is 19.3 Å². The molecule has 1 aliphatic heterocycles. The molecule has 1 amide bonds. The largest absolute Gasteiger partial charge is 0.480 e. The van der Waals surface area contributed by atoms with Gasteiger partial charge in [0.05, 0.1) is 6.54 Å². The SMILES string of the molecule is O=C(O)CN1CCCN(C(=O)c2c[nH]ccc2=O)CC1. The van der Waals surface area contributed by atoms with Gasteiger partial charge in [-0.15, -0.1) is 0 Å². The highest BCUT2D eigenvalue weighted by Gasteiger charge is 2.22. The lowest BCUT2D eigenvalue weighted by atomic mass is 10.2. The zero-order chi connectivity index (χ0) is 14.5. The summed E-state index contributed by atoms with van der Waals surface area (Å²) in [6.45, 7) is 2.09. The molecule has 2 rings (SSSR count). The summed E-state index contributed by atoms with van der Waals surface area (Å²) < 4.78 is 0. The van der Waals surface area contributed by atoms with Crippen molar-refractivity contribution < 1.29 is 14.7 Å². The fraction of sp³-hybridized carbons (Fsp3) is 0.462. The third-order valence-electron chi connectivity index (χ3n) is 3.29. The number of carbonyl (C=O) groups excluding carboxylic acids is 1. The first-order chi connectivity index (χ1) is 9.58. The van der Waals surface area contributed by atoms with Crippen LogP contribution in [0.4, 0.5) is 0 Å². The average Bonchev–Trinajstić information content (AvgIpc) is 2.63. The summed E-state index contributed by atoms with van der Waals surface area (Å²) in [5, 5.41) is 8.78. The molecule has 7 nitrogen and oxygen atoms in total. The van der Waals surface area contributed by atoms with Gasteiger partial charge in [0.15, 0.2) is 5.43 Å². The van der Waals surface area contributed by atoms with Crippen molar-refractivity contribution >= 4 is 11.9 Å². The van der Waals surface area contributed by atoms with E-state index in [0.29, 0.717) is 32.6 Å². The normalized spacial score (nSPS) is 16.7. The van der Waals surface area contributed by atoms with Crippen molar-refractivity contribution in [3.05, 3.63) is 34.2 Å². The third-order valence-corrected chi connectivity index (χ3v) is 3.29. The van der Waals surface area contributed by atoms with E-state index in [1.807, 2.05) is 0 Å². The maximum atomic E-state index is 12.3. The van der Waals surface area contributed by atoms with E-state index in [2.05, 4.69) is 4.98 Å². The molecule has 7 heteroatoms. The number of hydrogen-bond donors (Lipinski definition) is 2. The van der Waals surface area contributed by atoms with Crippen LogP contribution in [0.2, 0.25) is 0 Å². The van der Waals surface area contributed by atoms with Crippen molar-refractivity contribution in [1.82, 2.24) is 14.8 Å². The molecule has 1 aromatic rings. The molecule has 0 unspecified atom stereocenters. The van der Waals surface area contributed by atoms with Crippen molar-refractivity contribution in [2.75, 3.05) is 32.7 Å². The van der Waals surface area contributed by atoms with Crippen molar-refractivity contribution in [2.45, 2.75) is 6.42 Å². The van der Waals surface area contributed by atoms with Crippen LogP contribution < -0.4 is 5.43 Å². The number of carboxylic acids is 1. The standard InChI is InChI=1S/C13H17N3O4/c17-11-2-3-14-8-10(11)13(20)16-5-1-4-15(6-7-16)9-12(18)19/h2-3,8H,1,4-7,9H2,(H,14,17)(H,18,19). The zero-order valence-electron chi connectivity index (χ0n) is 11.0. The van der Waals surface area contributed by atoms with Crippen LogP contribution in [0.3, 0.4) is 0 Å². The first-order valence-electron chi connectivity index (χ1n) is 6.48. The molecule has 1 fully saturated rings. The van der Waals surface area contributed by atoms with Crippen LogP contribution in [0.15, 0.2) is 23.3 Å². The quantitative estimate of drug-likeness (QED) is 0.785. The highest BCUT2D eigenvalue weighted by atomic mass is 16.4. The number of amides is 1. The molecular weight excluding hydrogens is 262 g/mol. The number of carboxylic acid groups (broad SMARTS) is 1. The molecule has 0 aliphatic carbocycles. The van der Waals surface area contributed by atoms with E-state index in [1.54, 1.807) is 9.80 Å². The second-order valence-electron chi connectivity index (χ2n) is 4.74. The summed E-state index contributed by atoms with van der Waals surface area (Å²) in [5.74, 6) is -1.17. The van der Waals surface area contributed by atoms with Gasteiger partial charge in [-0.05, 0) is 6.42 Å². The van der Waals surface area contributed by atoms with Crippen molar-refractivity contribution in [1.29, 1.82) is 0 Å². The minimum atomic E-state index is -0.871. The van der Waals surface area contributed by atoms with Gasteiger partial charge in [0, 0.05) is 44.6 Å². The van der Waals surface area contributed by atoms with Crippen LogP contribution in [0.1, 0.15) is 16.8 Å². The van der Waals surface area contributed by atoms with E-state index in [1.165, 1.54) is 18.5 Å². The van der Waals surface area contributed by atoms with E-state index in [-0.39, 0.29) is 23.4 Å². The number of pyridine rings is 1. The van der Waals surface area contributed by atoms with Gasteiger partial charge in [-0.1, -0.05) is 0 Å². The van der Waals surface area contributed by atoms with E-state index in [9.17, 15) is 14.4 Å². The number of aliphatic carboxylic acids is 1. The highest BCUT2D eigenvalue weighted by molar-refractivity contribution is 5.93. The number of carbonyl (C=O) groups is 2. The number of aromatic amines is 1. The average molecular weight is 279 g/mol. The lowest BCUT2D eigenvalue weighted by Gasteiger charge is -2.20. The molecule has 108 valence electrons. The minimum absolute atomic E-state index is 0.0199. The predicted molar refractivity (Wildman–Crippen MR) is 71.7 cm³/mol. The summed E-state index contributed by atoms with van der Waals surface area (Å²) in [6.07, 6.45) is 3.59.